The Bertz CT molecular complexity index is 654. The zero-order chi connectivity index (χ0) is 16.7. The third kappa shape index (κ3) is 5.96. The molecule has 0 aliphatic heterocycles. The van der Waals surface area contributed by atoms with E-state index in [1.54, 1.807) is 12.1 Å². The smallest absolute Gasteiger partial charge is 0.235 e. The summed E-state index contributed by atoms with van der Waals surface area (Å²) in [5, 5.41) is 27.9. The van der Waals surface area contributed by atoms with Gasteiger partial charge in [-0.25, -0.2) is 6.08 Å². The van der Waals surface area contributed by atoms with Crippen molar-refractivity contribution in [2.75, 3.05) is 0 Å². The molecular weight excluding hydrogens is 377 g/mol. The van der Waals surface area contributed by atoms with E-state index in [4.69, 9.17) is 5.11 Å². The van der Waals surface area contributed by atoms with Gasteiger partial charge in [0.25, 0.3) is 0 Å². The maximum atomic E-state index is 10.5. The molecule has 1 aliphatic carbocycles. The predicted molar refractivity (Wildman–Crippen MR) is 89.1 cm³/mol. The second-order valence-corrected chi connectivity index (χ2v) is 5.93. The Kier molecular flexibility index (Phi) is 9.10. The Morgan fingerprint density at radius 1 is 1.25 bits per heavy atom. The first-order valence-electron chi connectivity index (χ1n) is 8.05. The van der Waals surface area contributed by atoms with E-state index in [2.05, 4.69) is 6.07 Å². The minimum Gasteiger partial charge on any atom is -0.904 e. The van der Waals surface area contributed by atoms with Crippen LogP contribution in [0, 0.1) is 17.4 Å². The molecule has 0 saturated heterocycles. The van der Waals surface area contributed by atoms with Gasteiger partial charge < -0.3 is 16.2 Å². The fourth-order valence-corrected chi connectivity index (χ4v) is 3.15. The molecule has 24 heavy (non-hydrogen) atoms. The van der Waals surface area contributed by atoms with Crippen LogP contribution in [0.15, 0.2) is 24.3 Å². The SMILES string of the molecule is N#Cc1cc(C(=[N-])C=[C-]C(=O)O)ccc1C1CCCCCCC1.[Y]. The summed E-state index contributed by atoms with van der Waals surface area (Å²) in [5.41, 5.74) is 1.83. The number of rotatable bonds is 4. The average molecular weight is 397 g/mol. The van der Waals surface area contributed by atoms with Gasteiger partial charge in [0, 0.05) is 32.7 Å². The first-order valence-corrected chi connectivity index (χ1v) is 8.05. The van der Waals surface area contributed by atoms with Crippen LogP contribution in [-0.4, -0.2) is 16.8 Å². The number of nitrogens with zero attached hydrogens (tertiary/aromatic N) is 2. The third-order valence-electron chi connectivity index (χ3n) is 4.35. The minimum absolute atomic E-state index is 0. The number of carbonyl (C=O) groups is 1. The van der Waals surface area contributed by atoms with E-state index in [9.17, 15) is 15.5 Å². The Hall–Kier alpha value is -1.31. The third-order valence-corrected chi connectivity index (χ3v) is 4.35. The summed E-state index contributed by atoms with van der Waals surface area (Å²) in [5.74, 6) is -0.856. The van der Waals surface area contributed by atoms with Gasteiger partial charge in [-0.05, 0) is 24.3 Å². The van der Waals surface area contributed by atoms with Crippen molar-refractivity contribution in [1.82, 2.24) is 0 Å². The largest absolute Gasteiger partial charge is 0.904 e. The van der Waals surface area contributed by atoms with Crippen LogP contribution in [0.3, 0.4) is 0 Å². The van der Waals surface area contributed by atoms with Gasteiger partial charge in [-0.3, -0.25) is 4.79 Å². The van der Waals surface area contributed by atoms with Crippen molar-refractivity contribution in [3.63, 3.8) is 0 Å². The van der Waals surface area contributed by atoms with Gasteiger partial charge in [-0.15, -0.1) is 5.56 Å². The zero-order valence-electron chi connectivity index (χ0n) is 13.7. The van der Waals surface area contributed by atoms with E-state index < -0.39 is 5.97 Å². The molecular formula is C19H20N2O2Y-2. The molecule has 1 fully saturated rings. The summed E-state index contributed by atoms with van der Waals surface area (Å²) in [6, 6.07) is 7.48. The Balaban J connectivity index is 0.00000288. The number of nitriles is 1. The number of hydrogen-bond donors (Lipinski definition) is 1. The molecule has 5 heteroatoms. The van der Waals surface area contributed by atoms with Crippen molar-refractivity contribution in [3.05, 3.63) is 52.5 Å². The van der Waals surface area contributed by atoms with Crippen LogP contribution in [-0.2, 0) is 37.5 Å². The van der Waals surface area contributed by atoms with Crippen LogP contribution in [0.1, 0.15) is 67.6 Å². The molecule has 1 aromatic rings. The van der Waals surface area contributed by atoms with Crippen molar-refractivity contribution < 1.29 is 42.6 Å². The van der Waals surface area contributed by atoms with Gasteiger partial charge in [0.05, 0.1) is 11.6 Å². The quantitative estimate of drug-likeness (QED) is 0.470. The second-order valence-electron chi connectivity index (χ2n) is 5.93. The molecule has 0 unspecified atom stereocenters. The van der Waals surface area contributed by atoms with Crippen LogP contribution >= 0.6 is 0 Å². The molecule has 0 aromatic heterocycles. The zero-order valence-corrected chi connectivity index (χ0v) is 16.5. The molecule has 0 spiro atoms. The molecule has 4 nitrogen and oxygen atoms in total. The van der Waals surface area contributed by atoms with Gasteiger partial charge in [-0.2, -0.15) is 11.3 Å². The predicted octanol–water partition coefficient (Wildman–Crippen LogP) is 4.19. The van der Waals surface area contributed by atoms with Crippen molar-refractivity contribution in [2.24, 2.45) is 0 Å². The first-order chi connectivity index (χ1) is 11.1. The number of allylic oxidation sites excluding steroid dienone is 1. The van der Waals surface area contributed by atoms with E-state index >= 15 is 0 Å². The van der Waals surface area contributed by atoms with Gasteiger partial charge in [0.2, 0.25) is 5.97 Å². The molecule has 1 saturated carbocycles. The van der Waals surface area contributed by atoms with Gasteiger partial charge in [-0.1, -0.05) is 50.3 Å². The fraction of sp³-hybridized carbons (Fsp3) is 0.421. The van der Waals surface area contributed by atoms with Crippen LogP contribution < -0.4 is 0 Å². The van der Waals surface area contributed by atoms with Crippen molar-refractivity contribution in [2.45, 2.75) is 50.9 Å². The standard InChI is InChI=1S/C19H20N2O2.Y/c20-13-16-12-15(18(21)10-11-19(22)23)8-9-17(16)14-6-4-2-1-3-5-7-14;/h8-10,12,14H,1-7H2,(H,22,23);/q-2;. The van der Waals surface area contributed by atoms with E-state index in [1.807, 2.05) is 12.1 Å². The minimum atomic E-state index is -1.25. The Morgan fingerprint density at radius 3 is 2.46 bits per heavy atom. The number of aliphatic carboxylic acids is 1. The van der Waals surface area contributed by atoms with Crippen LogP contribution in [0.5, 0.6) is 0 Å². The number of hydrogen-bond acceptors (Lipinski definition) is 2. The maximum Gasteiger partial charge on any atom is 0.235 e. The molecule has 0 heterocycles. The summed E-state index contributed by atoms with van der Waals surface area (Å²) in [7, 11) is 0. The van der Waals surface area contributed by atoms with E-state index in [1.165, 1.54) is 32.1 Å². The molecule has 1 aromatic carbocycles. The van der Waals surface area contributed by atoms with E-state index in [0.29, 0.717) is 17.0 Å². The summed E-state index contributed by atoms with van der Waals surface area (Å²) in [6.07, 6.45) is 11.4. The molecule has 0 atom stereocenters. The second kappa shape index (κ2) is 10.5. The van der Waals surface area contributed by atoms with Gasteiger partial charge >= 0.3 is 0 Å². The number of carboxylic acid groups (broad SMARTS) is 1. The Labute approximate surface area is 168 Å². The normalized spacial score (nSPS) is 15.8. The number of benzene rings is 1. The average Bonchev–Trinajstić information content (AvgIpc) is 2.52. The van der Waals surface area contributed by atoms with E-state index in [-0.39, 0.29) is 38.4 Å². The molecule has 0 bridgehead atoms. The summed E-state index contributed by atoms with van der Waals surface area (Å²) < 4.78 is 0. The molecule has 1 aliphatic rings. The van der Waals surface area contributed by atoms with Crippen molar-refractivity contribution >= 4 is 11.7 Å². The van der Waals surface area contributed by atoms with E-state index in [0.717, 1.165) is 24.5 Å². The molecule has 1 radical (unpaired) electrons. The van der Waals surface area contributed by atoms with Crippen molar-refractivity contribution in [3.8, 4) is 6.07 Å². The number of carboxylic acids is 1. The van der Waals surface area contributed by atoms with Gasteiger partial charge in [0.15, 0.2) is 0 Å². The molecule has 2 rings (SSSR count). The summed E-state index contributed by atoms with van der Waals surface area (Å²) >= 11 is 0. The van der Waals surface area contributed by atoms with Crippen LogP contribution in [0.4, 0.5) is 0 Å². The molecule has 123 valence electrons. The van der Waals surface area contributed by atoms with Crippen molar-refractivity contribution in [1.29, 1.82) is 5.26 Å². The summed E-state index contributed by atoms with van der Waals surface area (Å²) in [4.78, 5) is 10.5. The maximum absolute atomic E-state index is 10.5. The van der Waals surface area contributed by atoms with Crippen LogP contribution in [0.2, 0.25) is 0 Å². The van der Waals surface area contributed by atoms with Crippen LogP contribution in [0.25, 0.3) is 5.41 Å². The molecule has 0 amide bonds. The Morgan fingerprint density at radius 2 is 1.88 bits per heavy atom. The topological polar surface area (TPSA) is 83.4 Å². The molecule has 1 N–H and O–H groups in total. The summed E-state index contributed by atoms with van der Waals surface area (Å²) in [6.45, 7) is 0. The monoisotopic (exact) mass is 397 g/mol. The van der Waals surface area contributed by atoms with Gasteiger partial charge in [0.1, 0.15) is 0 Å². The fourth-order valence-electron chi connectivity index (χ4n) is 3.15. The first kappa shape index (κ1) is 20.7.